The summed E-state index contributed by atoms with van der Waals surface area (Å²) in [7, 11) is 0. The maximum atomic E-state index is 12.1. The van der Waals surface area contributed by atoms with Gasteiger partial charge in [-0.1, -0.05) is 12.8 Å². The number of rotatable bonds is 3. The summed E-state index contributed by atoms with van der Waals surface area (Å²) in [6.07, 6.45) is 8.37. The minimum Gasteiger partial charge on any atom is -0.444 e. The van der Waals surface area contributed by atoms with Gasteiger partial charge in [-0.25, -0.2) is 4.79 Å². The first-order valence-electron chi connectivity index (χ1n) is 8.16. The Morgan fingerprint density at radius 2 is 1.95 bits per heavy atom. The van der Waals surface area contributed by atoms with Crippen LogP contribution >= 0.6 is 11.8 Å². The maximum Gasteiger partial charge on any atom is 0.410 e. The first-order chi connectivity index (χ1) is 9.89. The highest BCUT2D eigenvalue weighted by Gasteiger charge is 2.33. The SMILES string of the molecule is CSC1CCCCC1NC1CCN(C(=O)OC(C)(C)C)C1. The third kappa shape index (κ3) is 5.06. The molecule has 1 saturated carbocycles. The molecule has 0 radical (unpaired) electrons. The largest absolute Gasteiger partial charge is 0.444 e. The molecule has 0 aromatic carbocycles. The molecule has 0 aromatic rings. The summed E-state index contributed by atoms with van der Waals surface area (Å²) in [4.78, 5) is 13.9. The number of hydrogen-bond donors (Lipinski definition) is 1. The molecule has 1 aliphatic heterocycles. The lowest BCUT2D eigenvalue weighted by Crippen LogP contribution is -2.47. The quantitative estimate of drug-likeness (QED) is 0.868. The van der Waals surface area contributed by atoms with E-state index in [9.17, 15) is 4.79 Å². The van der Waals surface area contributed by atoms with Crippen molar-refractivity contribution in [3.8, 4) is 0 Å². The molecule has 1 heterocycles. The van der Waals surface area contributed by atoms with Crippen molar-refractivity contribution in [1.82, 2.24) is 10.2 Å². The molecule has 5 heteroatoms. The van der Waals surface area contributed by atoms with Gasteiger partial charge in [0.05, 0.1) is 0 Å². The summed E-state index contributed by atoms with van der Waals surface area (Å²) < 4.78 is 5.46. The van der Waals surface area contributed by atoms with Crippen LogP contribution in [-0.2, 0) is 4.74 Å². The molecule has 0 bridgehead atoms. The van der Waals surface area contributed by atoms with Crippen LogP contribution in [0, 0.1) is 0 Å². The predicted molar refractivity (Wildman–Crippen MR) is 88.9 cm³/mol. The van der Waals surface area contributed by atoms with Gasteiger partial charge in [0.15, 0.2) is 0 Å². The van der Waals surface area contributed by atoms with E-state index in [2.05, 4.69) is 11.6 Å². The van der Waals surface area contributed by atoms with Gasteiger partial charge >= 0.3 is 6.09 Å². The Morgan fingerprint density at radius 3 is 2.62 bits per heavy atom. The fourth-order valence-corrected chi connectivity index (χ4v) is 4.21. The smallest absolute Gasteiger partial charge is 0.410 e. The van der Waals surface area contributed by atoms with Crippen LogP contribution < -0.4 is 5.32 Å². The number of nitrogens with one attached hydrogen (secondary N) is 1. The maximum absolute atomic E-state index is 12.1. The number of carbonyl (C=O) groups is 1. The van der Waals surface area contributed by atoms with Crippen molar-refractivity contribution in [3.63, 3.8) is 0 Å². The van der Waals surface area contributed by atoms with E-state index in [0.29, 0.717) is 12.1 Å². The average Bonchev–Trinajstić information content (AvgIpc) is 2.86. The average molecular weight is 314 g/mol. The molecule has 4 nitrogen and oxygen atoms in total. The van der Waals surface area contributed by atoms with Crippen molar-refractivity contribution in [2.45, 2.75) is 75.8 Å². The van der Waals surface area contributed by atoms with Crippen molar-refractivity contribution in [2.75, 3.05) is 19.3 Å². The Kier molecular flexibility index (Phi) is 5.83. The van der Waals surface area contributed by atoms with E-state index in [1.54, 1.807) is 0 Å². The van der Waals surface area contributed by atoms with Crippen LogP contribution in [0.3, 0.4) is 0 Å². The van der Waals surface area contributed by atoms with Crippen LogP contribution in [0.4, 0.5) is 4.79 Å². The molecule has 122 valence electrons. The predicted octanol–water partition coefficient (Wildman–Crippen LogP) is 3.26. The van der Waals surface area contributed by atoms with E-state index in [-0.39, 0.29) is 6.09 Å². The standard InChI is InChI=1S/C16H30N2O2S/c1-16(2,3)20-15(19)18-10-9-12(11-18)17-13-7-5-6-8-14(13)21-4/h12-14,17H,5-11H2,1-4H3. The fraction of sp³-hybridized carbons (Fsp3) is 0.938. The number of hydrogen-bond acceptors (Lipinski definition) is 4. The molecule has 21 heavy (non-hydrogen) atoms. The van der Waals surface area contributed by atoms with Gasteiger partial charge in [0.2, 0.25) is 0 Å². The molecule has 1 N–H and O–H groups in total. The van der Waals surface area contributed by atoms with E-state index in [1.807, 2.05) is 37.4 Å². The van der Waals surface area contributed by atoms with Crippen molar-refractivity contribution >= 4 is 17.9 Å². The molecular weight excluding hydrogens is 284 g/mol. The second-order valence-electron chi connectivity index (χ2n) is 7.24. The van der Waals surface area contributed by atoms with Crippen LogP contribution in [-0.4, -0.2) is 53.3 Å². The van der Waals surface area contributed by atoms with Gasteiger partial charge in [0.25, 0.3) is 0 Å². The topological polar surface area (TPSA) is 41.6 Å². The van der Waals surface area contributed by atoms with E-state index in [4.69, 9.17) is 4.74 Å². The fourth-order valence-electron chi connectivity index (χ4n) is 3.26. The highest BCUT2D eigenvalue weighted by molar-refractivity contribution is 7.99. The lowest BCUT2D eigenvalue weighted by Gasteiger charge is -2.33. The second-order valence-corrected chi connectivity index (χ2v) is 8.32. The number of carbonyl (C=O) groups excluding carboxylic acids is 1. The highest BCUT2D eigenvalue weighted by Crippen LogP contribution is 2.28. The van der Waals surface area contributed by atoms with Crippen molar-refractivity contribution in [2.24, 2.45) is 0 Å². The van der Waals surface area contributed by atoms with E-state index in [1.165, 1.54) is 25.7 Å². The van der Waals surface area contributed by atoms with Gasteiger partial charge in [-0.3, -0.25) is 0 Å². The Hall–Kier alpha value is -0.420. The van der Waals surface area contributed by atoms with Gasteiger partial charge in [0.1, 0.15) is 5.60 Å². The van der Waals surface area contributed by atoms with E-state index in [0.717, 1.165) is 24.8 Å². The van der Waals surface area contributed by atoms with Gasteiger partial charge in [0, 0.05) is 30.4 Å². The van der Waals surface area contributed by atoms with Crippen LogP contribution in [0.25, 0.3) is 0 Å². The minimum absolute atomic E-state index is 0.170. The second kappa shape index (κ2) is 7.23. The summed E-state index contributed by atoms with van der Waals surface area (Å²) in [5.74, 6) is 0. The number of nitrogens with zero attached hydrogens (tertiary/aromatic N) is 1. The Balaban J connectivity index is 1.80. The van der Waals surface area contributed by atoms with Gasteiger partial charge < -0.3 is 15.0 Å². The van der Waals surface area contributed by atoms with Crippen LogP contribution in [0.5, 0.6) is 0 Å². The minimum atomic E-state index is -0.407. The molecule has 0 aromatic heterocycles. The summed E-state index contributed by atoms with van der Waals surface area (Å²) in [6, 6.07) is 1.03. The molecule has 0 spiro atoms. The molecule has 1 amide bonds. The van der Waals surface area contributed by atoms with Gasteiger partial charge in [-0.05, 0) is 46.3 Å². The summed E-state index contributed by atoms with van der Waals surface area (Å²) in [6.45, 7) is 7.35. The molecule has 2 aliphatic rings. The Labute approximate surface area is 133 Å². The lowest BCUT2D eigenvalue weighted by molar-refractivity contribution is 0.0290. The van der Waals surface area contributed by atoms with Gasteiger partial charge in [-0.15, -0.1) is 0 Å². The third-order valence-corrected chi connectivity index (χ3v) is 5.46. The number of amides is 1. The van der Waals surface area contributed by atoms with Gasteiger partial charge in [-0.2, -0.15) is 11.8 Å². The molecule has 2 rings (SSSR count). The molecule has 3 atom stereocenters. The normalized spacial score (nSPS) is 30.5. The lowest BCUT2D eigenvalue weighted by atomic mass is 9.94. The molecule has 2 fully saturated rings. The molecule has 1 saturated heterocycles. The summed E-state index contributed by atoms with van der Waals surface area (Å²) in [5.41, 5.74) is -0.407. The Morgan fingerprint density at radius 1 is 1.24 bits per heavy atom. The third-order valence-electron chi connectivity index (χ3n) is 4.30. The van der Waals surface area contributed by atoms with Crippen molar-refractivity contribution < 1.29 is 9.53 Å². The highest BCUT2D eigenvalue weighted by atomic mass is 32.2. The van der Waals surface area contributed by atoms with Crippen molar-refractivity contribution in [1.29, 1.82) is 0 Å². The number of thioether (sulfide) groups is 1. The Bertz CT molecular complexity index is 357. The monoisotopic (exact) mass is 314 g/mol. The number of ether oxygens (including phenoxy) is 1. The van der Waals surface area contributed by atoms with E-state index < -0.39 is 5.60 Å². The zero-order valence-electron chi connectivity index (χ0n) is 13.9. The molecule has 3 unspecified atom stereocenters. The summed E-state index contributed by atoms with van der Waals surface area (Å²) >= 11 is 1.98. The van der Waals surface area contributed by atoms with Crippen LogP contribution in [0.15, 0.2) is 0 Å². The first-order valence-corrected chi connectivity index (χ1v) is 9.44. The molecular formula is C16H30N2O2S. The zero-order valence-corrected chi connectivity index (χ0v) is 14.7. The molecule has 1 aliphatic carbocycles. The van der Waals surface area contributed by atoms with Crippen LogP contribution in [0.1, 0.15) is 52.9 Å². The summed E-state index contributed by atoms with van der Waals surface area (Å²) in [5, 5.41) is 4.53. The number of likely N-dealkylation sites (tertiary alicyclic amines) is 1. The van der Waals surface area contributed by atoms with Crippen molar-refractivity contribution in [3.05, 3.63) is 0 Å². The first kappa shape index (κ1) is 16.9. The van der Waals surface area contributed by atoms with E-state index >= 15 is 0 Å². The zero-order chi connectivity index (χ0) is 15.5. The van der Waals surface area contributed by atoms with Crippen LogP contribution in [0.2, 0.25) is 0 Å².